The SMILES string of the molecule is CN(C)CC(C)(O)CNC(=O)c1ccc(-c2ncn(C)n2)cc1. The summed E-state index contributed by atoms with van der Waals surface area (Å²) < 4.78 is 1.63. The molecule has 1 unspecified atom stereocenters. The summed E-state index contributed by atoms with van der Waals surface area (Å²) in [6.45, 7) is 2.36. The zero-order valence-electron chi connectivity index (χ0n) is 13.9. The van der Waals surface area contributed by atoms with Crippen molar-refractivity contribution in [1.82, 2.24) is 25.0 Å². The van der Waals surface area contributed by atoms with Gasteiger partial charge in [0.1, 0.15) is 6.33 Å². The number of rotatable bonds is 6. The number of carbonyl (C=O) groups is 1. The van der Waals surface area contributed by atoms with Crippen molar-refractivity contribution in [3.8, 4) is 11.4 Å². The largest absolute Gasteiger partial charge is 0.387 e. The molecule has 0 aliphatic heterocycles. The predicted octanol–water partition coefficient (Wildman–Crippen LogP) is 0.524. The number of carbonyl (C=O) groups excluding carboxylic acids is 1. The number of nitrogens with one attached hydrogen (secondary N) is 1. The second-order valence-corrected chi connectivity index (χ2v) is 6.24. The third-order valence-electron chi connectivity index (χ3n) is 3.29. The number of likely N-dealkylation sites (N-methyl/N-ethyl adjacent to an activating group) is 1. The van der Waals surface area contributed by atoms with Crippen LogP contribution in [0.1, 0.15) is 17.3 Å². The van der Waals surface area contributed by atoms with Crippen molar-refractivity contribution < 1.29 is 9.90 Å². The molecule has 2 rings (SSSR count). The summed E-state index contributed by atoms with van der Waals surface area (Å²) in [5, 5.41) is 17.2. The monoisotopic (exact) mass is 317 g/mol. The van der Waals surface area contributed by atoms with Crippen molar-refractivity contribution in [2.45, 2.75) is 12.5 Å². The Labute approximate surface area is 136 Å². The van der Waals surface area contributed by atoms with Crippen molar-refractivity contribution in [2.24, 2.45) is 7.05 Å². The zero-order valence-corrected chi connectivity index (χ0v) is 13.9. The highest BCUT2D eigenvalue weighted by molar-refractivity contribution is 5.94. The summed E-state index contributed by atoms with van der Waals surface area (Å²) in [6.07, 6.45) is 1.63. The van der Waals surface area contributed by atoms with Crippen LogP contribution >= 0.6 is 0 Å². The first-order valence-electron chi connectivity index (χ1n) is 7.38. The molecule has 1 amide bonds. The Hall–Kier alpha value is -2.25. The van der Waals surface area contributed by atoms with Gasteiger partial charge in [0.05, 0.1) is 5.60 Å². The first kappa shape index (κ1) is 17.1. The van der Waals surface area contributed by atoms with Gasteiger partial charge in [-0.15, -0.1) is 0 Å². The van der Waals surface area contributed by atoms with E-state index in [2.05, 4.69) is 15.4 Å². The van der Waals surface area contributed by atoms with E-state index in [-0.39, 0.29) is 12.5 Å². The molecule has 1 aromatic carbocycles. The Morgan fingerprint density at radius 3 is 2.52 bits per heavy atom. The molecular formula is C16H23N5O2. The lowest BCUT2D eigenvalue weighted by Gasteiger charge is -2.27. The van der Waals surface area contributed by atoms with E-state index in [0.29, 0.717) is 17.9 Å². The van der Waals surface area contributed by atoms with Crippen LogP contribution in [0.4, 0.5) is 0 Å². The number of hydrogen-bond donors (Lipinski definition) is 2. The van der Waals surface area contributed by atoms with Crippen LogP contribution in [0.15, 0.2) is 30.6 Å². The molecule has 1 heterocycles. The summed E-state index contributed by atoms with van der Waals surface area (Å²) >= 11 is 0. The Morgan fingerprint density at radius 1 is 1.35 bits per heavy atom. The standard InChI is InChI=1S/C16H23N5O2/c1-16(23,10-20(2)3)9-17-15(22)13-7-5-12(6-8-13)14-18-11-21(4)19-14/h5-8,11,23H,9-10H2,1-4H3,(H,17,22). The first-order valence-corrected chi connectivity index (χ1v) is 7.38. The maximum absolute atomic E-state index is 12.2. The van der Waals surface area contributed by atoms with Crippen LogP contribution in [-0.2, 0) is 7.05 Å². The maximum Gasteiger partial charge on any atom is 0.251 e. The van der Waals surface area contributed by atoms with Crippen LogP contribution < -0.4 is 5.32 Å². The lowest BCUT2D eigenvalue weighted by molar-refractivity contribution is 0.0326. The molecule has 0 saturated carbocycles. The van der Waals surface area contributed by atoms with Gasteiger partial charge in [0.25, 0.3) is 5.91 Å². The van der Waals surface area contributed by atoms with Crippen LogP contribution in [0.2, 0.25) is 0 Å². The third-order valence-corrected chi connectivity index (χ3v) is 3.29. The molecule has 0 aliphatic carbocycles. The van der Waals surface area contributed by atoms with Gasteiger partial charge in [-0.1, -0.05) is 12.1 Å². The highest BCUT2D eigenvalue weighted by Crippen LogP contribution is 2.15. The molecule has 0 fully saturated rings. The molecular weight excluding hydrogens is 294 g/mol. The quantitative estimate of drug-likeness (QED) is 0.812. The molecule has 0 radical (unpaired) electrons. The van der Waals surface area contributed by atoms with E-state index in [9.17, 15) is 9.90 Å². The number of aryl methyl sites for hydroxylation is 1. The summed E-state index contributed by atoms with van der Waals surface area (Å²) in [5.41, 5.74) is 0.406. The summed E-state index contributed by atoms with van der Waals surface area (Å²) in [7, 11) is 5.55. The number of aliphatic hydroxyl groups is 1. The number of hydrogen-bond acceptors (Lipinski definition) is 5. The maximum atomic E-state index is 12.2. The third kappa shape index (κ3) is 4.87. The van der Waals surface area contributed by atoms with Gasteiger partial charge in [0.2, 0.25) is 0 Å². The Morgan fingerprint density at radius 2 is 2.00 bits per heavy atom. The molecule has 7 heteroatoms. The van der Waals surface area contributed by atoms with Gasteiger partial charge < -0.3 is 15.3 Å². The van der Waals surface area contributed by atoms with E-state index in [1.54, 1.807) is 37.1 Å². The van der Waals surface area contributed by atoms with Gasteiger partial charge >= 0.3 is 0 Å². The molecule has 23 heavy (non-hydrogen) atoms. The van der Waals surface area contributed by atoms with Crippen LogP contribution in [0.25, 0.3) is 11.4 Å². The average Bonchev–Trinajstić information content (AvgIpc) is 2.90. The number of nitrogens with zero attached hydrogens (tertiary/aromatic N) is 4. The molecule has 1 atom stereocenters. The van der Waals surface area contributed by atoms with E-state index < -0.39 is 5.60 Å². The van der Waals surface area contributed by atoms with E-state index in [1.807, 2.05) is 31.1 Å². The van der Waals surface area contributed by atoms with E-state index >= 15 is 0 Å². The van der Waals surface area contributed by atoms with Crippen LogP contribution in [0.3, 0.4) is 0 Å². The lowest BCUT2D eigenvalue weighted by atomic mass is 10.1. The average molecular weight is 317 g/mol. The molecule has 2 aromatic rings. The second kappa shape index (κ2) is 6.89. The molecule has 0 saturated heterocycles. The van der Waals surface area contributed by atoms with Crippen LogP contribution in [0.5, 0.6) is 0 Å². The van der Waals surface area contributed by atoms with Crippen molar-refractivity contribution in [1.29, 1.82) is 0 Å². The van der Waals surface area contributed by atoms with E-state index in [0.717, 1.165) is 5.56 Å². The Balaban J connectivity index is 1.98. The van der Waals surface area contributed by atoms with Gasteiger partial charge in [0.15, 0.2) is 5.82 Å². The fourth-order valence-corrected chi connectivity index (χ4v) is 2.35. The molecule has 1 aromatic heterocycles. The normalized spacial score (nSPS) is 13.8. The van der Waals surface area contributed by atoms with Crippen molar-refractivity contribution >= 4 is 5.91 Å². The molecule has 2 N–H and O–H groups in total. The van der Waals surface area contributed by atoms with Crippen molar-refractivity contribution in [3.05, 3.63) is 36.2 Å². The first-order chi connectivity index (χ1) is 10.8. The molecule has 0 aliphatic rings. The Kier molecular flexibility index (Phi) is 5.12. The predicted molar refractivity (Wildman–Crippen MR) is 88.0 cm³/mol. The molecule has 0 bridgehead atoms. The summed E-state index contributed by atoms with van der Waals surface area (Å²) in [6, 6.07) is 7.06. The second-order valence-electron chi connectivity index (χ2n) is 6.24. The van der Waals surface area contributed by atoms with Crippen LogP contribution in [-0.4, -0.2) is 63.5 Å². The topological polar surface area (TPSA) is 83.3 Å². The molecule has 124 valence electrons. The minimum absolute atomic E-state index is 0.188. The van der Waals surface area contributed by atoms with Gasteiger partial charge in [-0.25, -0.2) is 4.98 Å². The van der Waals surface area contributed by atoms with Gasteiger partial charge in [-0.05, 0) is 33.2 Å². The van der Waals surface area contributed by atoms with Gasteiger partial charge in [-0.2, -0.15) is 5.10 Å². The molecule has 7 nitrogen and oxygen atoms in total. The number of amides is 1. The van der Waals surface area contributed by atoms with Gasteiger partial charge in [-0.3, -0.25) is 9.48 Å². The minimum Gasteiger partial charge on any atom is -0.387 e. The number of benzene rings is 1. The van der Waals surface area contributed by atoms with E-state index in [4.69, 9.17) is 0 Å². The van der Waals surface area contributed by atoms with E-state index in [1.165, 1.54) is 0 Å². The highest BCUT2D eigenvalue weighted by Gasteiger charge is 2.22. The molecule has 0 spiro atoms. The Bertz CT molecular complexity index is 661. The minimum atomic E-state index is -0.975. The lowest BCUT2D eigenvalue weighted by Crippen LogP contribution is -2.47. The summed E-state index contributed by atoms with van der Waals surface area (Å²) in [5.74, 6) is 0.401. The fourth-order valence-electron chi connectivity index (χ4n) is 2.35. The smallest absolute Gasteiger partial charge is 0.251 e. The fraction of sp³-hybridized carbons (Fsp3) is 0.438. The van der Waals surface area contributed by atoms with Crippen molar-refractivity contribution in [2.75, 3.05) is 27.2 Å². The zero-order chi connectivity index (χ0) is 17.0. The van der Waals surface area contributed by atoms with Crippen LogP contribution in [0, 0.1) is 0 Å². The van der Waals surface area contributed by atoms with Gasteiger partial charge in [0, 0.05) is 31.3 Å². The highest BCUT2D eigenvalue weighted by atomic mass is 16.3. The van der Waals surface area contributed by atoms with Crippen molar-refractivity contribution in [3.63, 3.8) is 0 Å². The summed E-state index contributed by atoms with van der Waals surface area (Å²) in [4.78, 5) is 18.2. The number of aromatic nitrogens is 3.